The van der Waals surface area contributed by atoms with Crippen molar-refractivity contribution in [3.8, 4) is 0 Å². The highest BCUT2D eigenvalue weighted by Crippen LogP contribution is 2.38. The lowest BCUT2D eigenvalue weighted by atomic mass is 10.0. The van der Waals surface area contributed by atoms with Gasteiger partial charge >= 0.3 is 6.09 Å². The van der Waals surface area contributed by atoms with Crippen LogP contribution in [0.15, 0.2) is 42.9 Å². The van der Waals surface area contributed by atoms with E-state index in [1.54, 1.807) is 31.7 Å². The molecule has 0 spiro atoms. The van der Waals surface area contributed by atoms with Crippen molar-refractivity contribution in [3.05, 3.63) is 76.3 Å². The summed E-state index contributed by atoms with van der Waals surface area (Å²) in [6, 6.07) is 6.73. The number of carbonyl (C=O) groups is 2. The summed E-state index contributed by atoms with van der Waals surface area (Å²) in [6.07, 6.45) is 5.07. The number of ether oxygens (including phenoxy) is 1. The van der Waals surface area contributed by atoms with Crippen LogP contribution in [0, 0.1) is 5.82 Å². The van der Waals surface area contributed by atoms with E-state index < -0.39 is 18.0 Å². The van der Waals surface area contributed by atoms with Crippen LogP contribution in [0.4, 0.5) is 14.9 Å². The van der Waals surface area contributed by atoms with Gasteiger partial charge in [0, 0.05) is 44.3 Å². The number of halogens is 2. The molecule has 0 saturated heterocycles. The summed E-state index contributed by atoms with van der Waals surface area (Å²) in [5.41, 5.74) is 2.37. The first-order chi connectivity index (χ1) is 15.4. The summed E-state index contributed by atoms with van der Waals surface area (Å²) in [5, 5.41) is 2.43. The highest BCUT2D eigenvalue weighted by molar-refractivity contribution is 6.31. The number of carbonyl (C=O) groups excluding carboxylic acids is 2. The number of cyclic esters (lactones) is 1. The van der Waals surface area contributed by atoms with E-state index in [1.165, 1.54) is 11.0 Å². The lowest BCUT2D eigenvalue weighted by Gasteiger charge is -2.27. The Kier molecular flexibility index (Phi) is 6.36. The second-order valence-corrected chi connectivity index (χ2v) is 7.91. The third kappa shape index (κ3) is 4.72. The Hall–Kier alpha value is -3.46. The van der Waals surface area contributed by atoms with Crippen molar-refractivity contribution in [2.45, 2.75) is 25.4 Å². The predicted octanol–water partition coefficient (Wildman–Crippen LogP) is 4.34. The van der Waals surface area contributed by atoms with Crippen molar-refractivity contribution in [1.82, 2.24) is 19.9 Å². The molecule has 1 atom stereocenters. The van der Waals surface area contributed by atoms with Gasteiger partial charge in [-0.15, -0.1) is 0 Å². The van der Waals surface area contributed by atoms with Crippen molar-refractivity contribution in [2.75, 3.05) is 18.9 Å². The lowest BCUT2D eigenvalue weighted by molar-refractivity contribution is 0.0750. The summed E-state index contributed by atoms with van der Waals surface area (Å²) in [7, 11) is 1.66. The largest absolute Gasteiger partial charge is 0.441 e. The Morgan fingerprint density at radius 2 is 2.16 bits per heavy atom. The Bertz CT molecular complexity index is 1140. The monoisotopic (exact) mass is 457 g/mol. The number of pyridine rings is 1. The fraction of sp³-hybridized carbons (Fsp3) is 0.273. The zero-order valence-corrected chi connectivity index (χ0v) is 18.0. The number of nitrogens with zero attached hydrogens (tertiary/aromatic N) is 3. The normalized spacial score (nSPS) is 15.0. The average molecular weight is 458 g/mol. The van der Waals surface area contributed by atoms with Crippen LogP contribution in [-0.2, 0) is 11.2 Å². The standard InChI is InChI=1S/C22H21ClFN5O3/c1-29(21(30)20-26-12-14(27-20)10-13-4-2-8-25-11-13)9-3-5-17-18-16(28-22(31)32-17)7-6-15(23)19(18)24/h2,4,6-8,11-12,17H,3,5,9-10H2,1H3,(H,26,27)(H,28,31). The molecule has 0 bridgehead atoms. The first-order valence-corrected chi connectivity index (χ1v) is 10.4. The molecule has 2 N–H and O–H groups in total. The Labute approximate surface area is 188 Å². The summed E-state index contributed by atoms with van der Waals surface area (Å²) in [4.78, 5) is 37.3. The Morgan fingerprint density at radius 3 is 2.94 bits per heavy atom. The zero-order valence-electron chi connectivity index (χ0n) is 17.3. The molecule has 1 aliphatic rings. The van der Waals surface area contributed by atoms with Gasteiger partial charge in [0.2, 0.25) is 0 Å². The van der Waals surface area contributed by atoms with Crippen LogP contribution in [0.1, 0.15) is 46.4 Å². The number of amides is 2. The molecular formula is C22H21ClFN5O3. The number of aromatic nitrogens is 3. The quantitative estimate of drug-likeness (QED) is 0.549. The summed E-state index contributed by atoms with van der Waals surface area (Å²) in [6.45, 7) is 0.371. The van der Waals surface area contributed by atoms with Gasteiger partial charge in [-0.3, -0.25) is 15.1 Å². The molecule has 1 aromatic carbocycles. The molecule has 3 heterocycles. The molecule has 0 radical (unpaired) electrons. The van der Waals surface area contributed by atoms with E-state index in [0.717, 1.165) is 11.3 Å². The maximum absolute atomic E-state index is 14.5. The minimum absolute atomic E-state index is 0.0410. The smallest absolute Gasteiger partial charge is 0.412 e. The number of hydrogen-bond acceptors (Lipinski definition) is 5. The van der Waals surface area contributed by atoms with Gasteiger partial charge in [0.05, 0.1) is 16.3 Å². The zero-order chi connectivity index (χ0) is 22.7. The van der Waals surface area contributed by atoms with E-state index in [9.17, 15) is 14.0 Å². The van der Waals surface area contributed by atoms with Gasteiger partial charge in [-0.05, 0) is 36.6 Å². The van der Waals surface area contributed by atoms with Crippen LogP contribution in [0.3, 0.4) is 0 Å². The maximum Gasteiger partial charge on any atom is 0.412 e. The van der Waals surface area contributed by atoms with Gasteiger partial charge in [0.15, 0.2) is 11.6 Å². The minimum Gasteiger partial charge on any atom is -0.441 e. The van der Waals surface area contributed by atoms with Gasteiger partial charge < -0.3 is 14.6 Å². The molecule has 8 nitrogen and oxygen atoms in total. The van der Waals surface area contributed by atoms with Crippen LogP contribution in [-0.4, -0.2) is 45.4 Å². The summed E-state index contributed by atoms with van der Waals surface area (Å²) < 4.78 is 19.8. The molecule has 166 valence electrons. The van der Waals surface area contributed by atoms with Crippen molar-refractivity contribution in [3.63, 3.8) is 0 Å². The third-order valence-electron chi connectivity index (χ3n) is 5.20. The molecule has 1 unspecified atom stereocenters. The van der Waals surface area contributed by atoms with Crippen LogP contribution in [0.5, 0.6) is 0 Å². The second kappa shape index (κ2) is 9.35. The number of fused-ring (bicyclic) bond motifs is 1. The molecule has 4 rings (SSSR count). The van der Waals surface area contributed by atoms with Gasteiger partial charge in [0.1, 0.15) is 6.10 Å². The van der Waals surface area contributed by atoms with Gasteiger partial charge in [-0.2, -0.15) is 0 Å². The lowest BCUT2D eigenvalue weighted by Crippen LogP contribution is -2.30. The summed E-state index contributed by atoms with van der Waals surface area (Å²) >= 11 is 5.88. The first kappa shape index (κ1) is 21.8. The average Bonchev–Trinajstić information content (AvgIpc) is 3.24. The van der Waals surface area contributed by atoms with Crippen LogP contribution < -0.4 is 5.32 Å². The molecule has 0 saturated carbocycles. The SMILES string of the molecule is CN(CCCC1OC(=O)Nc2ccc(Cl)c(F)c21)C(=O)c1ncc(Cc2cccnc2)[nH]1. The number of anilines is 1. The van der Waals surface area contributed by atoms with Crippen molar-refractivity contribution >= 4 is 29.3 Å². The fourth-order valence-corrected chi connectivity index (χ4v) is 3.76. The number of nitrogens with one attached hydrogen (secondary N) is 2. The number of rotatable bonds is 7. The molecule has 1 aliphatic heterocycles. The minimum atomic E-state index is -0.782. The molecule has 2 amide bonds. The van der Waals surface area contributed by atoms with Crippen LogP contribution >= 0.6 is 11.6 Å². The molecule has 0 aliphatic carbocycles. The van der Waals surface area contributed by atoms with E-state index in [2.05, 4.69) is 20.3 Å². The van der Waals surface area contributed by atoms with Crippen LogP contribution in [0.2, 0.25) is 5.02 Å². The topological polar surface area (TPSA) is 100 Å². The molecule has 10 heteroatoms. The molecule has 32 heavy (non-hydrogen) atoms. The Balaban J connectivity index is 1.35. The molecule has 2 aromatic heterocycles. The van der Waals surface area contributed by atoms with Crippen molar-refractivity contribution in [2.24, 2.45) is 0 Å². The van der Waals surface area contributed by atoms with Crippen molar-refractivity contribution in [1.29, 1.82) is 0 Å². The van der Waals surface area contributed by atoms with Gasteiger partial charge in [-0.1, -0.05) is 17.7 Å². The van der Waals surface area contributed by atoms with Gasteiger partial charge in [0.25, 0.3) is 5.91 Å². The molecule has 3 aromatic rings. The highest BCUT2D eigenvalue weighted by atomic mass is 35.5. The van der Waals surface area contributed by atoms with Crippen LogP contribution in [0.25, 0.3) is 0 Å². The highest BCUT2D eigenvalue weighted by Gasteiger charge is 2.30. The van der Waals surface area contributed by atoms with E-state index in [0.29, 0.717) is 31.5 Å². The third-order valence-corrected chi connectivity index (χ3v) is 5.49. The fourth-order valence-electron chi connectivity index (χ4n) is 3.60. The maximum atomic E-state index is 14.5. The number of benzene rings is 1. The van der Waals surface area contributed by atoms with E-state index in [-0.39, 0.29) is 22.3 Å². The predicted molar refractivity (Wildman–Crippen MR) is 116 cm³/mol. The van der Waals surface area contributed by atoms with Crippen molar-refractivity contribution < 1.29 is 18.7 Å². The second-order valence-electron chi connectivity index (χ2n) is 7.51. The number of hydrogen-bond donors (Lipinski definition) is 2. The number of aromatic amines is 1. The summed E-state index contributed by atoms with van der Waals surface area (Å²) in [5.74, 6) is -0.641. The number of imidazole rings is 1. The van der Waals surface area contributed by atoms with E-state index in [1.807, 2.05) is 12.1 Å². The Morgan fingerprint density at radius 1 is 1.31 bits per heavy atom. The molecule has 0 fully saturated rings. The van der Waals surface area contributed by atoms with Gasteiger partial charge in [-0.25, -0.2) is 14.2 Å². The van der Waals surface area contributed by atoms with E-state index >= 15 is 0 Å². The van der Waals surface area contributed by atoms with E-state index in [4.69, 9.17) is 16.3 Å². The number of H-pyrrole nitrogens is 1. The molecular weight excluding hydrogens is 437 g/mol. The first-order valence-electron chi connectivity index (χ1n) is 10.1.